The minimum atomic E-state index is -0.180. The molecule has 104 valence electrons. The Balaban J connectivity index is 3.46. The molecule has 1 aromatic rings. The number of pyridine rings is 1. The van der Waals surface area contributed by atoms with Crippen molar-refractivity contribution in [1.82, 2.24) is 4.57 Å². The second kappa shape index (κ2) is 7.19. The maximum atomic E-state index is 11.8. The van der Waals surface area contributed by atoms with Gasteiger partial charge in [0, 0.05) is 17.6 Å². The van der Waals surface area contributed by atoms with E-state index in [2.05, 4.69) is 15.9 Å². The Morgan fingerprint density at radius 2 is 2.16 bits per heavy atom. The maximum Gasteiger partial charge on any atom is 0.286 e. The first kappa shape index (κ1) is 15.6. The first-order chi connectivity index (χ1) is 9.01. The fourth-order valence-corrected chi connectivity index (χ4v) is 1.99. The highest BCUT2D eigenvalue weighted by molar-refractivity contribution is 9.10. The van der Waals surface area contributed by atoms with E-state index in [0.717, 1.165) is 6.42 Å². The number of hydrogen-bond acceptors (Lipinski definition) is 3. The predicted molar refractivity (Wildman–Crippen MR) is 80.0 cm³/mol. The van der Waals surface area contributed by atoms with Crippen LogP contribution in [0.3, 0.4) is 0 Å². The molecule has 0 bridgehead atoms. The third-order valence-electron chi connectivity index (χ3n) is 2.54. The van der Waals surface area contributed by atoms with Crippen molar-refractivity contribution in [2.45, 2.75) is 20.3 Å². The summed E-state index contributed by atoms with van der Waals surface area (Å²) in [7, 11) is 1.66. The summed E-state index contributed by atoms with van der Waals surface area (Å²) in [5, 5.41) is 9.97. The van der Waals surface area contributed by atoms with Gasteiger partial charge in [0.2, 0.25) is 0 Å². The van der Waals surface area contributed by atoms with E-state index in [0.29, 0.717) is 22.3 Å². The second-order valence-electron chi connectivity index (χ2n) is 3.92. The Bertz CT molecular complexity index is 558. The summed E-state index contributed by atoms with van der Waals surface area (Å²) in [5.74, 6) is -0.180. The SMILES string of the molecule is CC/C=C\C(=C(\O)OCC)c1cc(Br)cc(=O)n1C. The third-order valence-corrected chi connectivity index (χ3v) is 2.99. The standard InChI is InChI=1S/C14H18BrNO3/c1-4-6-7-11(14(18)19-5-2)12-8-10(15)9-13(17)16(12)3/h6-9,18H,4-5H2,1-3H3/b7-6-,14-11+. The van der Waals surface area contributed by atoms with E-state index in [1.54, 1.807) is 26.1 Å². The molecule has 5 heteroatoms. The molecule has 0 aromatic carbocycles. The zero-order chi connectivity index (χ0) is 14.4. The average molecular weight is 328 g/mol. The zero-order valence-corrected chi connectivity index (χ0v) is 12.9. The van der Waals surface area contributed by atoms with Gasteiger partial charge in [0.1, 0.15) is 0 Å². The van der Waals surface area contributed by atoms with Crippen molar-refractivity contribution in [3.05, 3.63) is 50.8 Å². The van der Waals surface area contributed by atoms with Gasteiger partial charge in [-0.1, -0.05) is 28.9 Å². The quantitative estimate of drug-likeness (QED) is 0.666. The van der Waals surface area contributed by atoms with Gasteiger partial charge in [-0.05, 0) is 25.5 Å². The fraction of sp³-hybridized carbons (Fsp3) is 0.357. The molecule has 0 atom stereocenters. The van der Waals surface area contributed by atoms with Crippen LogP contribution in [-0.2, 0) is 11.8 Å². The molecule has 0 saturated heterocycles. The summed E-state index contributed by atoms with van der Waals surface area (Å²) in [4.78, 5) is 11.8. The van der Waals surface area contributed by atoms with Crippen LogP contribution in [-0.4, -0.2) is 16.3 Å². The number of aromatic nitrogens is 1. The molecule has 1 N–H and O–H groups in total. The van der Waals surface area contributed by atoms with Crippen LogP contribution in [0.4, 0.5) is 0 Å². The molecule has 1 rings (SSSR count). The van der Waals surface area contributed by atoms with Crippen LogP contribution in [0.1, 0.15) is 26.0 Å². The molecule has 0 radical (unpaired) electrons. The van der Waals surface area contributed by atoms with Gasteiger partial charge in [0.25, 0.3) is 11.5 Å². The van der Waals surface area contributed by atoms with E-state index in [9.17, 15) is 9.90 Å². The van der Waals surface area contributed by atoms with Crippen LogP contribution in [0.15, 0.2) is 39.5 Å². The van der Waals surface area contributed by atoms with E-state index >= 15 is 0 Å². The summed E-state index contributed by atoms with van der Waals surface area (Å²) in [5.41, 5.74) is 0.927. The monoisotopic (exact) mass is 327 g/mol. The Kier molecular flexibility index (Phi) is 5.89. The first-order valence-corrected chi connectivity index (χ1v) is 6.90. The normalized spacial score (nSPS) is 12.6. The van der Waals surface area contributed by atoms with Gasteiger partial charge in [-0.25, -0.2) is 0 Å². The Morgan fingerprint density at radius 1 is 1.47 bits per heavy atom. The van der Waals surface area contributed by atoms with Crippen LogP contribution >= 0.6 is 15.9 Å². The number of nitrogens with zero attached hydrogens (tertiary/aromatic N) is 1. The highest BCUT2D eigenvalue weighted by atomic mass is 79.9. The molecule has 0 aliphatic rings. The van der Waals surface area contributed by atoms with Gasteiger partial charge < -0.3 is 14.4 Å². The minimum Gasteiger partial charge on any atom is -0.480 e. The lowest BCUT2D eigenvalue weighted by atomic mass is 10.1. The Morgan fingerprint density at radius 3 is 2.74 bits per heavy atom. The first-order valence-electron chi connectivity index (χ1n) is 6.10. The molecule has 0 aliphatic carbocycles. The van der Waals surface area contributed by atoms with Gasteiger partial charge in [0.15, 0.2) is 0 Å². The average Bonchev–Trinajstić information content (AvgIpc) is 2.35. The van der Waals surface area contributed by atoms with Gasteiger partial charge in [0.05, 0.1) is 17.9 Å². The lowest BCUT2D eigenvalue weighted by molar-refractivity contribution is 0.105. The van der Waals surface area contributed by atoms with Crippen LogP contribution in [0.2, 0.25) is 0 Å². The molecule has 1 aromatic heterocycles. The molecule has 1 heterocycles. The van der Waals surface area contributed by atoms with Gasteiger partial charge >= 0.3 is 0 Å². The van der Waals surface area contributed by atoms with Crippen LogP contribution in [0.5, 0.6) is 0 Å². The van der Waals surface area contributed by atoms with Gasteiger partial charge in [-0.3, -0.25) is 4.79 Å². The Hall–Kier alpha value is -1.49. The van der Waals surface area contributed by atoms with E-state index in [1.807, 2.05) is 13.0 Å². The molecule has 4 nitrogen and oxygen atoms in total. The summed E-state index contributed by atoms with van der Waals surface area (Å²) in [6.45, 7) is 4.14. The molecule has 0 fully saturated rings. The van der Waals surface area contributed by atoms with Crippen molar-refractivity contribution in [3.8, 4) is 0 Å². The molecule has 0 spiro atoms. The number of rotatable bonds is 5. The van der Waals surface area contributed by atoms with E-state index in [4.69, 9.17) is 4.74 Å². The van der Waals surface area contributed by atoms with E-state index in [1.165, 1.54) is 10.6 Å². The number of ether oxygens (including phenoxy) is 1. The summed E-state index contributed by atoms with van der Waals surface area (Å²) in [6, 6.07) is 3.24. The predicted octanol–water partition coefficient (Wildman–Crippen LogP) is 3.38. The number of aliphatic hydroxyl groups is 1. The number of aliphatic hydroxyl groups excluding tert-OH is 1. The smallest absolute Gasteiger partial charge is 0.286 e. The number of hydrogen-bond donors (Lipinski definition) is 1. The highest BCUT2D eigenvalue weighted by Crippen LogP contribution is 2.21. The highest BCUT2D eigenvalue weighted by Gasteiger charge is 2.12. The summed E-state index contributed by atoms with van der Waals surface area (Å²) < 4.78 is 7.28. The van der Waals surface area contributed by atoms with Crippen molar-refractivity contribution in [2.75, 3.05) is 6.61 Å². The van der Waals surface area contributed by atoms with Gasteiger partial charge in [-0.15, -0.1) is 0 Å². The molecular weight excluding hydrogens is 310 g/mol. The largest absolute Gasteiger partial charge is 0.480 e. The van der Waals surface area contributed by atoms with Gasteiger partial charge in [-0.2, -0.15) is 0 Å². The maximum absolute atomic E-state index is 11.8. The number of halogens is 1. The van der Waals surface area contributed by atoms with Crippen molar-refractivity contribution in [2.24, 2.45) is 7.05 Å². The molecule has 0 amide bonds. The number of allylic oxidation sites excluding steroid dienone is 3. The fourth-order valence-electron chi connectivity index (χ4n) is 1.58. The van der Waals surface area contributed by atoms with Crippen molar-refractivity contribution < 1.29 is 9.84 Å². The van der Waals surface area contributed by atoms with E-state index in [-0.39, 0.29) is 11.5 Å². The van der Waals surface area contributed by atoms with Crippen molar-refractivity contribution >= 4 is 21.5 Å². The van der Waals surface area contributed by atoms with Crippen molar-refractivity contribution in [3.63, 3.8) is 0 Å². The van der Waals surface area contributed by atoms with Crippen LogP contribution in [0, 0.1) is 0 Å². The Labute approximate surface area is 121 Å². The third kappa shape index (κ3) is 3.99. The zero-order valence-electron chi connectivity index (χ0n) is 11.3. The topological polar surface area (TPSA) is 51.5 Å². The van der Waals surface area contributed by atoms with Crippen molar-refractivity contribution in [1.29, 1.82) is 0 Å². The second-order valence-corrected chi connectivity index (χ2v) is 4.83. The minimum absolute atomic E-state index is 0.156. The lowest BCUT2D eigenvalue weighted by Crippen LogP contribution is -2.19. The molecule has 0 aliphatic heterocycles. The van der Waals surface area contributed by atoms with Crippen LogP contribution < -0.4 is 5.56 Å². The molecule has 19 heavy (non-hydrogen) atoms. The lowest BCUT2D eigenvalue weighted by Gasteiger charge is -2.12. The molecule has 0 saturated carbocycles. The van der Waals surface area contributed by atoms with Crippen LogP contribution in [0.25, 0.3) is 5.57 Å². The summed E-state index contributed by atoms with van der Waals surface area (Å²) in [6.07, 6.45) is 4.48. The molecule has 0 unspecified atom stereocenters. The molecular formula is C14H18BrNO3. The summed E-state index contributed by atoms with van der Waals surface area (Å²) >= 11 is 3.29. The van der Waals surface area contributed by atoms with E-state index < -0.39 is 0 Å².